The molecule has 7 heteroatoms. The molecule has 0 aromatic carbocycles. The zero-order chi connectivity index (χ0) is 9.85. The van der Waals surface area contributed by atoms with Crippen LogP contribution in [0.2, 0.25) is 0 Å². The van der Waals surface area contributed by atoms with Crippen LogP contribution in [-0.4, -0.2) is 28.8 Å². The van der Waals surface area contributed by atoms with Gasteiger partial charge in [0.1, 0.15) is 6.10 Å². The SMILES string of the molecule is O=C1C[C@@H]2CS(=O)(=O)C(Br)(Br)[C@@H]2O1. The first kappa shape index (κ1) is 9.92. The average molecular weight is 334 g/mol. The van der Waals surface area contributed by atoms with E-state index in [0.29, 0.717) is 0 Å². The standard InChI is InChI=1S/C6H6Br2O4S/c7-6(8)5-3(1-4(9)12-5)2-13(6,10)11/h3,5H,1-2H2/t3-,5-/m1/s1. The Bertz CT molecular complexity index is 361. The van der Waals surface area contributed by atoms with Crippen molar-refractivity contribution in [2.75, 3.05) is 5.75 Å². The van der Waals surface area contributed by atoms with Gasteiger partial charge in [-0.1, -0.05) is 31.9 Å². The van der Waals surface area contributed by atoms with Gasteiger partial charge >= 0.3 is 5.97 Å². The van der Waals surface area contributed by atoms with Crippen LogP contribution in [0, 0.1) is 5.92 Å². The van der Waals surface area contributed by atoms with Crippen LogP contribution in [0.3, 0.4) is 0 Å². The summed E-state index contributed by atoms with van der Waals surface area (Å²) < 4.78 is 26.7. The first-order valence-corrected chi connectivity index (χ1v) is 6.88. The molecule has 0 N–H and O–H groups in total. The number of esters is 1. The van der Waals surface area contributed by atoms with Crippen molar-refractivity contribution in [1.82, 2.24) is 0 Å². The highest BCUT2D eigenvalue weighted by Gasteiger charge is 2.62. The molecular formula is C6H6Br2O4S. The maximum Gasteiger partial charge on any atom is 0.306 e. The molecule has 13 heavy (non-hydrogen) atoms. The van der Waals surface area contributed by atoms with Gasteiger partial charge in [-0.15, -0.1) is 0 Å². The number of halogens is 2. The molecule has 0 saturated carbocycles. The molecule has 2 heterocycles. The summed E-state index contributed by atoms with van der Waals surface area (Å²) in [5.41, 5.74) is 0. The van der Waals surface area contributed by atoms with Gasteiger partial charge in [-0.2, -0.15) is 0 Å². The Labute approximate surface area is 92.2 Å². The van der Waals surface area contributed by atoms with Crippen LogP contribution in [0.15, 0.2) is 0 Å². The molecule has 0 bridgehead atoms. The molecule has 0 aromatic heterocycles. The highest BCUT2D eigenvalue weighted by atomic mass is 79.9. The van der Waals surface area contributed by atoms with E-state index in [2.05, 4.69) is 31.9 Å². The fourth-order valence-corrected chi connectivity index (χ4v) is 5.07. The predicted molar refractivity (Wildman–Crippen MR) is 52.4 cm³/mol. The van der Waals surface area contributed by atoms with Crippen LogP contribution in [0.5, 0.6) is 0 Å². The van der Waals surface area contributed by atoms with Gasteiger partial charge in [-0.25, -0.2) is 8.42 Å². The first-order chi connectivity index (χ1) is 5.84. The van der Waals surface area contributed by atoms with E-state index in [0.717, 1.165) is 0 Å². The number of hydrogen-bond acceptors (Lipinski definition) is 4. The maximum atomic E-state index is 11.5. The number of carbonyl (C=O) groups is 1. The smallest absolute Gasteiger partial charge is 0.306 e. The van der Waals surface area contributed by atoms with E-state index in [4.69, 9.17) is 4.74 Å². The van der Waals surface area contributed by atoms with Gasteiger partial charge in [0, 0.05) is 5.92 Å². The Kier molecular flexibility index (Phi) is 2.06. The number of hydrogen-bond donors (Lipinski definition) is 0. The molecule has 2 aliphatic rings. The van der Waals surface area contributed by atoms with Crippen molar-refractivity contribution in [2.24, 2.45) is 5.92 Å². The summed E-state index contributed by atoms with van der Waals surface area (Å²) in [5.74, 6) is -0.538. The molecule has 0 amide bonds. The van der Waals surface area contributed by atoms with Crippen molar-refractivity contribution >= 4 is 47.7 Å². The van der Waals surface area contributed by atoms with Gasteiger partial charge in [-0.05, 0) is 0 Å². The molecule has 2 saturated heterocycles. The molecular weight excluding hydrogens is 328 g/mol. The number of fused-ring (bicyclic) bond motifs is 1. The predicted octanol–water partition coefficient (Wildman–Crippen LogP) is 0.790. The van der Waals surface area contributed by atoms with Crippen molar-refractivity contribution in [1.29, 1.82) is 0 Å². The lowest BCUT2D eigenvalue weighted by molar-refractivity contribution is -0.141. The van der Waals surface area contributed by atoms with Gasteiger partial charge < -0.3 is 4.74 Å². The monoisotopic (exact) mass is 332 g/mol. The third kappa shape index (κ3) is 1.27. The van der Waals surface area contributed by atoms with Gasteiger partial charge in [-0.3, -0.25) is 4.79 Å². The second kappa shape index (κ2) is 2.70. The lowest BCUT2D eigenvalue weighted by Crippen LogP contribution is -2.32. The number of alkyl halides is 2. The minimum Gasteiger partial charge on any atom is -0.458 e. The van der Waals surface area contributed by atoms with E-state index in [1.165, 1.54) is 0 Å². The molecule has 2 aliphatic heterocycles. The van der Waals surface area contributed by atoms with Crippen LogP contribution >= 0.6 is 31.9 Å². The van der Waals surface area contributed by atoms with Crippen molar-refractivity contribution in [3.05, 3.63) is 0 Å². The summed E-state index contributed by atoms with van der Waals surface area (Å²) in [4.78, 5) is 10.9. The molecule has 2 rings (SSSR count). The number of carbonyl (C=O) groups excluding carboxylic acids is 1. The minimum atomic E-state index is -3.25. The normalized spacial score (nSPS) is 40.0. The summed E-state index contributed by atoms with van der Waals surface area (Å²) in [6, 6.07) is 0. The second-order valence-corrected chi connectivity index (χ2v) is 10.0. The summed E-state index contributed by atoms with van der Waals surface area (Å²) in [6.45, 7) is 0. The number of ether oxygens (including phenoxy) is 1. The topological polar surface area (TPSA) is 60.4 Å². The Morgan fingerprint density at radius 3 is 2.62 bits per heavy atom. The van der Waals surface area contributed by atoms with Gasteiger partial charge in [0.25, 0.3) is 0 Å². The Hall–Kier alpha value is 0.380. The molecule has 0 unspecified atom stereocenters. The summed E-state index contributed by atoms with van der Waals surface area (Å²) in [7, 11) is -3.25. The fraction of sp³-hybridized carbons (Fsp3) is 0.833. The van der Waals surface area contributed by atoms with Crippen LogP contribution < -0.4 is 0 Å². The van der Waals surface area contributed by atoms with Crippen LogP contribution in [0.4, 0.5) is 0 Å². The maximum absolute atomic E-state index is 11.5. The number of rotatable bonds is 0. The van der Waals surface area contributed by atoms with Crippen molar-refractivity contribution < 1.29 is 17.9 Å². The van der Waals surface area contributed by atoms with Crippen molar-refractivity contribution in [3.63, 3.8) is 0 Å². The third-order valence-corrected chi connectivity index (χ3v) is 8.09. The Morgan fingerprint density at radius 1 is 1.46 bits per heavy atom. The summed E-state index contributed by atoms with van der Waals surface area (Å²) >= 11 is 6.10. The molecule has 4 nitrogen and oxygen atoms in total. The molecule has 74 valence electrons. The van der Waals surface area contributed by atoms with Crippen molar-refractivity contribution in [3.8, 4) is 0 Å². The van der Waals surface area contributed by atoms with E-state index in [1.54, 1.807) is 0 Å². The van der Waals surface area contributed by atoms with Gasteiger partial charge in [0.2, 0.25) is 2.57 Å². The van der Waals surface area contributed by atoms with E-state index in [9.17, 15) is 13.2 Å². The van der Waals surface area contributed by atoms with E-state index >= 15 is 0 Å². The van der Waals surface area contributed by atoms with E-state index < -0.39 is 18.5 Å². The highest BCUT2D eigenvalue weighted by molar-refractivity contribution is 9.28. The molecule has 0 aliphatic carbocycles. The lowest BCUT2D eigenvalue weighted by atomic mass is 10.1. The Balaban J connectivity index is 2.42. The fourth-order valence-electron chi connectivity index (χ4n) is 1.67. The Morgan fingerprint density at radius 2 is 2.08 bits per heavy atom. The molecule has 2 fully saturated rings. The lowest BCUT2D eigenvalue weighted by Gasteiger charge is -2.18. The quantitative estimate of drug-likeness (QED) is 0.486. The summed E-state index contributed by atoms with van der Waals surface area (Å²) in [6.07, 6.45) is -0.395. The summed E-state index contributed by atoms with van der Waals surface area (Å²) in [5, 5.41) is 0. The van der Waals surface area contributed by atoms with Crippen molar-refractivity contribution in [2.45, 2.75) is 15.1 Å². The van der Waals surface area contributed by atoms with E-state index in [-0.39, 0.29) is 24.1 Å². The largest absolute Gasteiger partial charge is 0.458 e. The minimum absolute atomic E-state index is 0.0000926. The van der Waals surface area contributed by atoms with Crippen LogP contribution in [0.25, 0.3) is 0 Å². The van der Waals surface area contributed by atoms with Crippen LogP contribution in [0.1, 0.15) is 6.42 Å². The zero-order valence-corrected chi connectivity index (χ0v) is 10.4. The second-order valence-electron chi connectivity index (χ2n) is 3.22. The third-order valence-electron chi connectivity index (χ3n) is 2.29. The van der Waals surface area contributed by atoms with Gasteiger partial charge in [0.15, 0.2) is 9.84 Å². The van der Waals surface area contributed by atoms with E-state index in [1.807, 2.05) is 0 Å². The van der Waals surface area contributed by atoms with Crippen LogP contribution in [-0.2, 0) is 19.4 Å². The zero-order valence-electron chi connectivity index (χ0n) is 6.37. The number of sulfone groups is 1. The highest BCUT2D eigenvalue weighted by Crippen LogP contribution is 2.51. The first-order valence-electron chi connectivity index (χ1n) is 3.64. The molecule has 0 spiro atoms. The molecule has 0 radical (unpaired) electrons. The van der Waals surface area contributed by atoms with Gasteiger partial charge in [0.05, 0.1) is 12.2 Å². The average Bonchev–Trinajstić information content (AvgIpc) is 2.35. The molecule has 0 aromatic rings. The molecule has 2 atom stereocenters.